The first-order valence-corrected chi connectivity index (χ1v) is 20.2. The molecule has 4 aromatic heterocycles. The molecule has 0 spiro atoms. The van der Waals surface area contributed by atoms with Gasteiger partial charge in [0, 0.05) is 53.7 Å². The Balaban J connectivity index is 1.13. The van der Waals surface area contributed by atoms with Crippen LogP contribution in [0, 0.1) is 0 Å². The van der Waals surface area contributed by atoms with Gasteiger partial charge in [-0.1, -0.05) is 148 Å². The number of hydrogen-bond donors (Lipinski definition) is 0. The van der Waals surface area contributed by atoms with Crippen molar-refractivity contribution in [3.05, 3.63) is 163 Å². The average molecular weight is 766 g/mol. The van der Waals surface area contributed by atoms with E-state index in [0.29, 0.717) is 28.9 Å². The summed E-state index contributed by atoms with van der Waals surface area (Å²) in [5, 5.41) is 5.32. The number of thiophene rings is 1. The highest BCUT2D eigenvalue weighted by Gasteiger charge is 2.22. The second-order valence-electron chi connectivity index (χ2n) is 15.7. The van der Waals surface area contributed by atoms with Gasteiger partial charge in [-0.05, 0) is 46.4 Å². The van der Waals surface area contributed by atoms with Gasteiger partial charge in [-0.25, -0.2) is 24.9 Å². The van der Waals surface area contributed by atoms with Crippen LogP contribution in [0.2, 0.25) is 0 Å². The summed E-state index contributed by atoms with van der Waals surface area (Å²) in [6.07, 6.45) is 1.87. The van der Waals surface area contributed by atoms with Crippen LogP contribution in [-0.4, -0.2) is 24.9 Å². The average Bonchev–Trinajstić information content (AvgIpc) is 3.85. The van der Waals surface area contributed by atoms with Gasteiger partial charge in [0.2, 0.25) is 0 Å². The maximum Gasteiger partial charge on any atom is 0.167 e. The van der Waals surface area contributed by atoms with Gasteiger partial charge in [-0.2, -0.15) is 0 Å². The highest BCUT2D eigenvalue weighted by molar-refractivity contribution is 7.26. The van der Waals surface area contributed by atoms with E-state index < -0.39 is 0 Å². The lowest BCUT2D eigenvalue weighted by atomic mass is 9.87. The molecule has 0 aliphatic heterocycles. The van der Waals surface area contributed by atoms with Crippen molar-refractivity contribution in [1.29, 1.82) is 0 Å². The van der Waals surface area contributed by atoms with Gasteiger partial charge in [0.25, 0.3) is 0 Å². The lowest BCUT2D eigenvalue weighted by Gasteiger charge is -2.19. The first kappa shape index (κ1) is 34.2. The third kappa shape index (κ3) is 5.65. The Kier molecular flexibility index (Phi) is 7.81. The van der Waals surface area contributed by atoms with E-state index in [1.807, 2.05) is 54.7 Å². The first-order chi connectivity index (χ1) is 28.4. The van der Waals surface area contributed by atoms with Crippen LogP contribution in [0.5, 0.6) is 0 Å². The van der Waals surface area contributed by atoms with Crippen LogP contribution in [0.3, 0.4) is 0 Å². The third-order valence-corrected chi connectivity index (χ3v) is 12.3. The molecule has 6 nitrogen and oxygen atoms in total. The lowest BCUT2D eigenvalue weighted by Crippen LogP contribution is -2.10. The number of para-hydroxylation sites is 3. The molecule has 276 valence electrons. The summed E-state index contributed by atoms with van der Waals surface area (Å²) in [7, 11) is 0. The molecule has 0 aliphatic carbocycles. The SMILES string of the molecule is CC(C)(C)c1ccc(-c2nc(-c3cccc4c3oc3c(-c5ncc6ccccc6n5)cccc34)nc(-c3cccc4c3sc3c(-c5ccccc5)cccc34)n2)cc1. The van der Waals surface area contributed by atoms with Crippen molar-refractivity contribution >= 4 is 64.4 Å². The highest BCUT2D eigenvalue weighted by Crippen LogP contribution is 2.44. The first-order valence-electron chi connectivity index (χ1n) is 19.4. The third-order valence-electron chi connectivity index (χ3n) is 11.0. The number of fused-ring (bicyclic) bond motifs is 7. The van der Waals surface area contributed by atoms with Crippen LogP contribution in [0.25, 0.3) is 110 Å². The van der Waals surface area contributed by atoms with Gasteiger partial charge in [0.15, 0.2) is 23.3 Å². The molecule has 7 aromatic carbocycles. The predicted molar refractivity (Wildman–Crippen MR) is 239 cm³/mol. The Hall–Kier alpha value is -7.09. The fourth-order valence-electron chi connectivity index (χ4n) is 7.98. The number of hydrogen-bond acceptors (Lipinski definition) is 7. The Morgan fingerprint density at radius 3 is 1.67 bits per heavy atom. The normalized spacial score (nSPS) is 12.1. The summed E-state index contributed by atoms with van der Waals surface area (Å²) in [4.78, 5) is 25.4. The minimum Gasteiger partial charge on any atom is -0.455 e. The molecule has 0 unspecified atom stereocenters. The second-order valence-corrected chi connectivity index (χ2v) is 16.7. The predicted octanol–water partition coefficient (Wildman–Crippen LogP) is 13.7. The van der Waals surface area contributed by atoms with Crippen LogP contribution in [0.4, 0.5) is 0 Å². The Bertz CT molecular complexity index is 3380. The molecule has 0 saturated heterocycles. The Labute approximate surface area is 338 Å². The van der Waals surface area contributed by atoms with Crippen molar-refractivity contribution in [3.8, 4) is 56.7 Å². The number of aromatic nitrogens is 5. The smallest absolute Gasteiger partial charge is 0.167 e. The monoisotopic (exact) mass is 765 g/mol. The quantitative estimate of drug-likeness (QED) is 0.174. The molecule has 4 heterocycles. The number of furan rings is 1. The van der Waals surface area contributed by atoms with E-state index in [9.17, 15) is 0 Å². The fraction of sp³-hybridized carbons (Fsp3) is 0.0784. The summed E-state index contributed by atoms with van der Waals surface area (Å²) in [6, 6.07) is 52.5. The number of benzene rings is 7. The van der Waals surface area contributed by atoms with E-state index in [1.165, 1.54) is 32.2 Å². The minimum absolute atomic E-state index is 0.0110. The van der Waals surface area contributed by atoms with Gasteiger partial charge in [0.05, 0.1) is 16.6 Å². The standard InChI is InChI=1S/C51H35N5OS/c1-51(2,3)33-27-25-31(26-28-33)47-54-49(56-50(55-47)41-23-12-20-38-37-19-9-16-34(45(37)58-46(38)41)30-13-5-4-6-14-30)40-22-11-18-36-35-17-10-21-39(43(35)57-44(36)40)48-52-29-32-15-7-8-24-42(32)53-48/h4-29H,1-3H3. The summed E-state index contributed by atoms with van der Waals surface area (Å²) < 4.78 is 9.24. The molecule has 0 N–H and O–H groups in total. The molecule has 0 amide bonds. The van der Waals surface area contributed by atoms with Gasteiger partial charge >= 0.3 is 0 Å². The van der Waals surface area contributed by atoms with Crippen molar-refractivity contribution in [2.24, 2.45) is 0 Å². The van der Waals surface area contributed by atoms with E-state index in [4.69, 9.17) is 29.3 Å². The van der Waals surface area contributed by atoms with Crippen molar-refractivity contribution in [2.75, 3.05) is 0 Å². The van der Waals surface area contributed by atoms with E-state index in [1.54, 1.807) is 11.3 Å². The van der Waals surface area contributed by atoms with Crippen LogP contribution in [-0.2, 0) is 5.41 Å². The van der Waals surface area contributed by atoms with E-state index >= 15 is 0 Å². The Morgan fingerprint density at radius 1 is 0.431 bits per heavy atom. The molecule has 0 radical (unpaired) electrons. The summed E-state index contributed by atoms with van der Waals surface area (Å²) >= 11 is 1.79. The van der Waals surface area contributed by atoms with E-state index in [2.05, 4.69) is 124 Å². The molecular weight excluding hydrogens is 731 g/mol. The largest absolute Gasteiger partial charge is 0.455 e. The zero-order valence-electron chi connectivity index (χ0n) is 32.1. The van der Waals surface area contributed by atoms with Crippen molar-refractivity contribution in [3.63, 3.8) is 0 Å². The van der Waals surface area contributed by atoms with Crippen LogP contribution in [0.1, 0.15) is 26.3 Å². The van der Waals surface area contributed by atoms with E-state index in [0.717, 1.165) is 54.2 Å². The summed E-state index contributed by atoms with van der Waals surface area (Å²) in [6.45, 7) is 6.67. The molecule has 11 aromatic rings. The summed E-state index contributed by atoms with van der Waals surface area (Å²) in [5.74, 6) is 2.36. The van der Waals surface area contributed by atoms with Crippen molar-refractivity contribution < 1.29 is 4.42 Å². The van der Waals surface area contributed by atoms with Gasteiger partial charge < -0.3 is 4.42 Å². The molecule has 7 heteroatoms. The zero-order valence-corrected chi connectivity index (χ0v) is 32.9. The van der Waals surface area contributed by atoms with Crippen molar-refractivity contribution in [1.82, 2.24) is 24.9 Å². The summed E-state index contributed by atoms with van der Waals surface area (Å²) in [5.41, 5.74) is 9.45. The maximum atomic E-state index is 6.87. The molecule has 58 heavy (non-hydrogen) atoms. The lowest BCUT2D eigenvalue weighted by molar-refractivity contribution is 0.590. The van der Waals surface area contributed by atoms with Gasteiger partial charge in [-0.15, -0.1) is 11.3 Å². The van der Waals surface area contributed by atoms with Crippen LogP contribution in [0.15, 0.2) is 162 Å². The Morgan fingerprint density at radius 2 is 0.983 bits per heavy atom. The zero-order chi connectivity index (χ0) is 39.0. The van der Waals surface area contributed by atoms with Crippen molar-refractivity contribution in [2.45, 2.75) is 26.2 Å². The number of rotatable bonds is 5. The van der Waals surface area contributed by atoms with Crippen LogP contribution >= 0.6 is 11.3 Å². The molecule has 11 rings (SSSR count). The second kappa shape index (κ2) is 13.3. The molecule has 0 atom stereocenters. The maximum absolute atomic E-state index is 6.87. The molecule has 0 bridgehead atoms. The molecule has 0 aliphatic rings. The minimum atomic E-state index is 0.0110. The molecule has 0 fully saturated rings. The van der Waals surface area contributed by atoms with Gasteiger partial charge in [0.1, 0.15) is 11.2 Å². The van der Waals surface area contributed by atoms with Gasteiger partial charge in [-0.3, -0.25) is 0 Å². The van der Waals surface area contributed by atoms with E-state index in [-0.39, 0.29) is 5.41 Å². The molecule has 0 saturated carbocycles. The number of nitrogens with zero attached hydrogens (tertiary/aromatic N) is 5. The highest BCUT2D eigenvalue weighted by atomic mass is 32.1. The van der Waals surface area contributed by atoms with Crippen LogP contribution < -0.4 is 0 Å². The topological polar surface area (TPSA) is 77.6 Å². The molecular formula is C51H35N5OS. The fourth-order valence-corrected chi connectivity index (χ4v) is 9.33.